The minimum atomic E-state index is -1.09. The summed E-state index contributed by atoms with van der Waals surface area (Å²) in [6.45, 7) is 0. The third kappa shape index (κ3) is 7.79. The van der Waals surface area contributed by atoms with E-state index >= 15 is 0 Å². The molecule has 0 aliphatic rings. The quantitative estimate of drug-likeness (QED) is 0.308. The zero-order chi connectivity index (χ0) is 10.3. The van der Waals surface area contributed by atoms with Crippen molar-refractivity contribution in [1.29, 1.82) is 0 Å². The number of aliphatic carboxylic acids is 1. The van der Waals surface area contributed by atoms with Gasteiger partial charge < -0.3 is 10.2 Å². The van der Waals surface area contributed by atoms with Gasteiger partial charge in [-0.3, -0.25) is 9.52 Å². The van der Waals surface area contributed by atoms with Crippen molar-refractivity contribution < 1.29 is 19.8 Å². The van der Waals surface area contributed by atoms with Crippen molar-refractivity contribution in [3.8, 4) is 0 Å². The lowest BCUT2D eigenvalue weighted by atomic mass is 10.2. The number of carboxylic acid groups (broad SMARTS) is 2. The highest BCUT2D eigenvalue weighted by Crippen LogP contribution is 2.07. The summed E-state index contributed by atoms with van der Waals surface area (Å²) in [5, 5.41) is 15.9. The fourth-order valence-electron chi connectivity index (χ4n) is 0.585. The molecule has 0 heterocycles. The largest absolute Gasteiger partial charge is 0.480 e. The minimum Gasteiger partial charge on any atom is -0.480 e. The highest BCUT2D eigenvalue weighted by Gasteiger charge is 2.10. The lowest BCUT2D eigenvalue weighted by Crippen LogP contribution is -2.15. The van der Waals surface area contributed by atoms with E-state index in [1.54, 1.807) is 0 Å². The van der Waals surface area contributed by atoms with Crippen molar-refractivity contribution in [3.63, 3.8) is 0 Å². The van der Waals surface area contributed by atoms with Gasteiger partial charge in [0.25, 0.3) is 0 Å². The van der Waals surface area contributed by atoms with Crippen molar-refractivity contribution in [2.75, 3.05) is 5.75 Å². The molecule has 5 nitrogen and oxygen atoms in total. The van der Waals surface area contributed by atoms with Crippen LogP contribution >= 0.6 is 24.6 Å². The summed E-state index contributed by atoms with van der Waals surface area (Å²) in [5.41, 5.74) is 0. The zero-order valence-electron chi connectivity index (χ0n) is 6.77. The van der Waals surface area contributed by atoms with Gasteiger partial charge in [-0.05, 0) is 24.8 Å². The fraction of sp³-hybridized carbons (Fsp3) is 0.667. The SMILES string of the molecule is O=C(O)NSCCCC(S)C(=O)O. The van der Waals surface area contributed by atoms with Crippen LogP contribution in [0.5, 0.6) is 0 Å². The van der Waals surface area contributed by atoms with E-state index in [-0.39, 0.29) is 0 Å². The summed E-state index contributed by atoms with van der Waals surface area (Å²) in [4.78, 5) is 20.2. The number of carboxylic acids is 1. The van der Waals surface area contributed by atoms with Gasteiger partial charge in [-0.2, -0.15) is 12.6 Å². The predicted octanol–water partition coefficient (Wildman–Crippen LogP) is 1.07. The standard InChI is InChI=1S/C6H11NO4S2/c8-5(9)4(12)2-1-3-13-7-6(10)11/h4,7,12H,1-3H2,(H,8,9)(H,10,11). The van der Waals surface area contributed by atoms with Crippen LogP contribution in [-0.2, 0) is 4.79 Å². The van der Waals surface area contributed by atoms with Gasteiger partial charge in [-0.25, -0.2) is 4.79 Å². The van der Waals surface area contributed by atoms with Gasteiger partial charge in [0.15, 0.2) is 0 Å². The molecule has 3 N–H and O–H groups in total. The molecule has 0 saturated heterocycles. The normalized spacial score (nSPS) is 12.1. The van der Waals surface area contributed by atoms with Crippen molar-refractivity contribution in [2.45, 2.75) is 18.1 Å². The van der Waals surface area contributed by atoms with E-state index < -0.39 is 17.3 Å². The molecule has 1 unspecified atom stereocenters. The van der Waals surface area contributed by atoms with E-state index in [0.717, 1.165) is 11.9 Å². The van der Waals surface area contributed by atoms with Crippen LogP contribution in [-0.4, -0.2) is 33.3 Å². The van der Waals surface area contributed by atoms with Crippen molar-refractivity contribution in [1.82, 2.24) is 4.72 Å². The topological polar surface area (TPSA) is 86.6 Å². The summed E-state index contributed by atoms with van der Waals surface area (Å²) in [7, 11) is 0. The number of hydrogen-bond donors (Lipinski definition) is 4. The number of thiol groups is 1. The molecule has 0 spiro atoms. The van der Waals surface area contributed by atoms with Crippen LogP contribution in [0.2, 0.25) is 0 Å². The Morgan fingerprint density at radius 3 is 2.54 bits per heavy atom. The summed E-state index contributed by atoms with van der Waals surface area (Å²) >= 11 is 4.86. The van der Waals surface area contributed by atoms with Crippen LogP contribution < -0.4 is 4.72 Å². The minimum absolute atomic E-state index is 0.437. The van der Waals surface area contributed by atoms with Crippen LogP contribution in [0.4, 0.5) is 4.79 Å². The summed E-state index contributed by atoms with van der Waals surface area (Å²) in [6.07, 6.45) is -0.0383. The smallest absolute Gasteiger partial charge is 0.414 e. The molecule has 1 atom stereocenters. The Morgan fingerprint density at radius 1 is 1.46 bits per heavy atom. The van der Waals surface area contributed by atoms with Crippen LogP contribution in [0.25, 0.3) is 0 Å². The van der Waals surface area contributed by atoms with Crippen LogP contribution in [0, 0.1) is 0 Å². The second-order valence-electron chi connectivity index (χ2n) is 2.25. The molecule has 0 rings (SSSR count). The predicted molar refractivity (Wildman–Crippen MR) is 53.3 cm³/mol. The molecule has 0 fully saturated rings. The van der Waals surface area contributed by atoms with E-state index in [2.05, 4.69) is 17.4 Å². The summed E-state index contributed by atoms with van der Waals surface area (Å²) in [6, 6.07) is 0. The second kappa shape index (κ2) is 6.90. The lowest BCUT2D eigenvalue weighted by Gasteiger charge is -2.03. The molecule has 0 aromatic carbocycles. The molecular formula is C6H11NO4S2. The average Bonchev–Trinajstić information content (AvgIpc) is 2.02. The molecule has 0 radical (unpaired) electrons. The van der Waals surface area contributed by atoms with E-state index in [1.165, 1.54) is 0 Å². The zero-order valence-corrected chi connectivity index (χ0v) is 8.48. The number of hydrogen-bond acceptors (Lipinski definition) is 4. The number of nitrogens with one attached hydrogen (secondary N) is 1. The molecule has 0 aliphatic heterocycles. The first-order valence-corrected chi connectivity index (χ1v) is 5.06. The first-order chi connectivity index (χ1) is 6.04. The Labute approximate surface area is 85.4 Å². The monoisotopic (exact) mass is 225 g/mol. The maximum atomic E-state index is 10.3. The Morgan fingerprint density at radius 2 is 2.08 bits per heavy atom. The Kier molecular flexibility index (Phi) is 6.61. The fourth-order valence-corrected chi connectivity index (χ4v) is 1.30. The van der Waals surface area contributed by atoms with Crippen LogP contribution in [0.15, 0.2) is 0 Å². The highest BCUT2D eigenvalue weighted by molar-refractivity contribution is 7.97. The van der Waals surface area contributed by atoms with Gasteiger partial charge in [0.1, 0.15) is 0 Å². The van der Waals surface area contributed by atoms with Gasteiger partial charge in [0, 0.05) is 5.75 Å². The molecule has 76 valence electrons. The van der Waals surface area contributed by atoms with Crippen molar-refractivity contribution >= 4 is 36.6 Å². The lowest BCUT2D eigenvalue weighted by molar-refractivity contribution is -0.136. The third-order valence-electron chi connectivity index (χ3n) is 1.17. The van der Waals surface area contributed by atoms with Gasteiger partial charge in [-0.15, -0.1) is 0 Å². The molecule has 0 aromatic rings. The Hall–Kier alpha value is -0.560. The van der Waals surface area contributed by atoms with Crippen molar-refractivity contribution in [2.24, 2.45) is 0 Å². The molecule has 13 heavy (non-hydrogen) atoms. The van der Waals surface area contributed by atoms with Crippen molar-refractivity contribution in [3.05, 3.63) is 0 Å². The molecule has 0 bridgehead atoms. The van der Waals surface area contributed by atoms with Gasteiger partial charge in [-0.1, -0.05) is 0 Å². The molecule has 1 amide bonds. The first-order valence-electron chi connectivity index (χ1n) is 3.55. The van der Waals surface area contributed by atoms with Gasteiger partial charge in [0.05, 0.1) is 5.25 Å². The first kappa shape index (κ1) is 12.4. The summed E-state index contributed by atoms with van der Waals surface area (Å²) in [5.74, 6) is -0.393. The summed E-state index contributed by atoms with van der Waals surface area (Å²) < 4.78 is 2.11. The Bertz CT molecular complexity index is 187. The molecular weight excluding hydrogens is 214 g/mol. The maximum Gasteiger partial charge on any atom is 0.414 e. The maximum absolute atomic E-state index is 10.3. The molecule has 0 aromatic heterocycles. The highest BCUT2D eigenvalue weighted by atomic mass is 32.2. The molecule has 0 aliphatic carbocycles. The van der Waals surface area contributed by atoms with E-state index in [0.29, 0.717) is 18.6 Å². The van der Waals surface area contributed by atoms with E-state index in [1.807, 2.05) is 0 Å². The van der Waals surface area contributed by atoms with E-state index in [4.69, 9.17) is 10.2 Å². The van der Waals surface area contributed by atoms with Gasteiger partial charge in [0.2, 0.25) is 0 Å². The number of carbonyl (C=O) groups is 2. The van der Waals surface area contributed by atoms with Gasteiger partial charge >= 0.3 is 12.1 Å². The van der Waals surface area contributed by atoms with Crippen LogP contribution in [0.3, 0.4) is 0 Å². The molecule has 0 saturated carbocycles. The van der Waals surface area contributed by atoms with Crippen LogP contribution in [0.1, 0.15) is 12.8 Å². The number of rotatable bonds is 6. The Balaban J connectivity index is 3.26. The molecule has 7 heteroatoms. The average molecular weight is 225 g/mol. The second-order valence-corrected chi connectivity index (χ2v) is 3.78. The third-order valence-corrected chi connectivity index (χ3v) is 2.46. The van der Waals surface area contributed by atoms with E-state index in [9.17, 15) is 9.59 Å². The number of amides is 1.